The Bertz CT molecular complexity index is 414. The molecule has 1 fully saturated rings. The fourth-order valence-electron chi connectivity index (χ4n) is 1.93. The maximum Gasteiger partial charge on any atom is 0.273 e. The van der Waals surface area contributed by atoms with Crippen molar-refractivity contribution in [3.05, 3.63) is 33.9 Å². The van der Waals surface area contributed by atoms with Gasteiger partial charge < -0.3 is 10.1 Å². The molecule has 1 atom stereocenters. The summed E-state index contributed by atoms with van der Waals surface area (Å²) in [5, 5.41) is 13.9. The average molecular weight is 236 g/mol. The first kappa shape index (κ1) is 11.9. The van der Waals surface area contributed by atoms with Crippen molar-refractivity contribution in [2.24, 2.45) is 0 Å². The molecule has 0 bridgehead atoms. The van der Waals surface area contributed by atoms with Crippen LogP contribution in [0.25, 0.3) is 0 Å². The number of nitrogens with zero attached hydrogens (tertiary/aromatic N) is 1. The van der Waals surface area contributed by atoms with Crippen LogP contribution in [0.15, 0.2) is 18.2 Å². The number of aryl methyl sites for hydroxylation is 1. The van der Waals surface area contributed by atoms with Crippen LogP contribution in [0.1, 0.15) is 18.4 Å². The third-order valence-electron chi connectivity index (χ3n) is 2.93. The zero-order valence-corrected chi connectivity index (χ0v) is 9.81. The van der Waals surface area contributed by atoms with E-state index in [1.165, 1.54) is 12.1 Å². The molecule has 1 saturated heterocycles. The fraction of sp³-hybridized carbons (Fsp3) is 0.500. The second-order valence-electron chi connectivity index (χ2n) is 4.29. The lowest BCUT2D eigenvalue weighted by Crippen LogP contribution is -2.37. The van der Waals surface area contributed by atoms with Crippen LogP contribution >= 0.6 is 0 Å². The van der Waals surface area contributed by atoms with E-state index in [9.17, 15) is 10.1 Å². The molecule has 0 spiro atoms. The Hall–Kier alpha value is -1.62. The SMILES string of the molecule is Cc1ccc([N+](=O)[O-])cc1OC1CCCNC1. The van der Waals surface area contributed by atoms with E-state index >= 15 is 0 Å². The normalized spacial score (nSPS) is 19.9. The van der Waals surface area contributed by atoms with Gasteiger partial charge in [-0.05, 0) is 37.9 Å². The van der Waals surface area contributed by atoms with Gasteiger partial charge in [0.1, 0.15) is 11.9 Å². The maximum atomic E-state index is 10.7. The summed E-state index contributed by atoms with van der Waals surface area (Å²) >= 11 is 0. The van der Waals surface area contributed by atoms with Crippen LogP contribution in [0, 0.1) is 17.0 Å². The molecule has 0 aromatic heterocycles. The van der Waals surface area contributed by atoms with E-state index < -0.39 is 4.92 Å². The number of hydrogen-bond donors (Lipinski definition) is 1. The monoisotopic (exact) mass is 236 g/mol. The van der Waals surface area contributed by atoms with E-state index in [0.29, 0.717) is 5.75 Å². The molecule has 2 rings (SSSR count). The summed E-state index contributed by atoms with van der Waals surface area (Å²) in [6.45, 7) is 3.73. The van der Waals surface area contributed by atoms with Crippen LogP contribution in [0.3, 0.4) is 0 Å². The van der Waals surface area contributed by atoms with Gasteiger partial charge in [0.05, 0.1) is 11.0 Å². The smallest absolute Gasteiger partial charge is 0.273 e. The predicted octanol–water partition coefficient (Wildman–Crippen LogP) is 2.03. The lowest BCUT2D eigenvalue weighted by molar-refractivity contribution is -0.385. The van der Waals surface area contributed by atoms with E-state index in [-0.39, 0.29) is 11.8 Å². The van der Waals surface area contributed by atoms with Crippen LogP contribution in [-0.2, 0) is 0 Å². The van der Waals surface area contributed by atoms with Crippen LogP contribution in [0.4, 0.5) is 5.69 Å². The van der Waals surface area contributed by atoms with E-state index in [2.05, 4.69) is 5.32 Å². The van der Waals surface area contributed by atoms with Crippen LogP contribution in [0.2, 0.25) is 0 Å². The summed E-state index contributed by atoms with van der Waals surface area (Å²) in [5.74, 6) is 0.618. The van der Waals surface area contributed by atoms with Crippen molar-refractivity contribution >= 4 is 5.69 Å². The standard InChI is InChI=1S/C12H16N2O3/c1-9-4-5-10(14(15)16)7-12(9)17-11-3-2-6-13-8-11/h4-5,7,11,13H,2-3,6,8H2,1H3. The molecule has 1 aliphatic heterocycles. The molecule has 0 saturated carbocycles. The molecule has 92 valence electrons. The maximum absolute atomic E-state index is 10.7. The van der Waals surface area contributed by atoms with Crippen molar-refractivity contribution in [3.63, 3.8) is 0 Å². The van der Waals surface area contributed by atoms with E-state index in [1.54, 1.807) is 6.07 Å². The molecule has 1 N–H and O–H groups in total. The molecule has 1 unspecified atom stereocenters. The number of hydrogen-bond acceptors (Lipinski definition) is 4. The minimum atomic E-state index is -0.397. The lowest BCUT2D eigenvalue weighted by Gasteiger charge is -2.24. The molecule has 5 nitrogen and oxygen atoms in total. The molecule has 5 heteroatoms. The van der Waals surface area contributed by atoms with Crippen molar-refractivity contribution in [1.82, 2.24) is 5.32 Å². The van der Waals surface area contributed by atoms with Crippen LogP contribution in [0.5, 0.6) is 5.75 Å². The molecular formula is C12H16N2O3. The number of rotatable bonds is 3. The Balaban J connectivity index is 2.13. The molecule has 0 aliphatic carbocycles. The number of nitro benzene ring substituents is 1. The summed E-state index contributed by atoms with van der Waals surface area (Å²) < 4.78 is 5.81. The van der Waals surface area contributed by atoms with E-state index in [1.807, 2.05) is 6.92 Å². The first-order chi connectivity index (χ1) is 8.16. The van der Waals surface area contributed by atoms with E-state index in [4.69, 9.17) is 4.74 Å². The van der Waals surface area contributed by atoms with Gasteiger partial charge in [-0.25, -0.2) is 0 Å². The molecular weight excluding hydrogens is 220 g/mol. The number of non-ortho nitro benzene ring substituents is 1. The summed E-state index contributed by atoms with van der Waals surface area (Å²) in [6.07, 6.45) is 2.19. The first-order valence-corrected chi connectivity index (χ1v) is 5.79. The highest BCUT2D eigenvalue weighted by Gasteiger charge is 2.17. The van der Waals surface area contributed by atoms with Gasteiger partial charge in [-0.1, -0.05) is 0 Å². The minimum Gasteiger partial charge on any atom is -0.489 e. The summed E-state index contributed by atoms with van der Waals surface area (Å²) in [5.41, 5.74) is 1.01. The quantitative estimate of drug-likeness (QED) is 0.644. The molecule has 0 radical (unpaired) electrons. The molecule has 17 heavy (non-hydrogen) atoms. The number of nitro groups is 1. The average Bonchev–Trinajstić information content (AvgIpc) is 2.33. The highest BCUT2D eigenvalue weighted by Crippen LogP contribution is 2.25. The first-order valence-electron chi connectivity index (χ1n) is 5.79. The van der Waals surface area contributed by atoms with Gasteiger partial charge in [-0.15, -0.1) is 0 Å². The van der Waals surface area contributed by atoms with E-state index in [0.717, 1.165) is 31.5 Å². The highest BCUT2D eigenvalue weighted by atomic mass is 16.6. The largest absolute Gasteiger partial charge is 0.489 e. The molecule has 1 aliphatic rings. The molecule has 1 heterocycles. The van der Waals surface area contributed by atoms with Gasteiger partial charge in [0.2, 0.25) is 0 Å². The van der Waals surface area contributed by atoms with Gasteiger partial charge in [0.15, 0.2) is 0 Å². The molecule has 1 aromatic rings. The summed E-state index contributed by atoms with van der Waals surface area (Å²) in [6, 6.07) is 4.73. The zero-order chi connectivity index (χ0) is 12.3. The fourth-order valence-corrected chi connectivity index (χ4v) is 1.93. The van der Waals surface area contributed by atoms with Gasteiger partial charge >= 0.3 is 0 Å². The van der Waals surface area contributed by atoms with Crippen molar-refractivity contribution in [2.45, 2.75) is 25.9 Å². The summed E-state index contributed by atoms with van der Waals surface area (Å²) in [7, 11) is 0. The molecule has 1 aromatic carbocycles. The van der Waals surface area contributed by atoms with Gasteiger partial charge in [-0.2, -0.15) is 0 Å². The number of piperidine rings is 1. The molecule has 0 amide bonds. The van der Waals surface area contributed by atoms with Gasteiger partial charge in [-0.3, -0.25) is 10.1 Å². The highest BCUT2D eigenvalue weighted by molar-refractivity contribution is 5.43. The van der Waals surface area contributed by atoms with Crippen molar-refractivity contribution in [1.29, 1.82) is 0 Å². The Morgan fingerprint density at radius 1 is 1.53 bits per heavy atom. The minimum absolute atomic E-state index is 0.0781. The second kappa shape index (κ2) is 5.14. The van der Waals surface area contributed by atoms with Crippen molar-refractivity contribution in [2.75, 3.05) is 13.1 Å². The lowest BCUT2D eigenvalue weighted by atomic mass is 10.1. The zero-order valence-electron chi connectivity index (χ0n) is 9.81. The van der Waals surface area contributed by atoms with Crippen molar-refractivity contribution < 1.29 is 9.66 Å². The summed E-state index contributed by atoms with van der Waals surface area (Å²) in [4.78, 5) is 10.3. The predicted molar refractivity (Wildman–Crippen MR) is 64.4 cm³/mol. The van der Waals surface area contributed by atoms with Gasteiger partial charge in [0, 0.05) is 12.6 Å². The Morgan fingerprint density at radius 2 is 2.35 bits per heavy atom. The topological polar surface area (TPSA) is 64.4 Å². The van der Waals surface area contributed by atoms with Crippen LogP contribution in [-0.4, -0.2) is 24.1 Å². The third-order valence-corrected chi connectivity index (χ3v) is 2.93. The van der Waals surface area contributed by atoms with Gasteiger partial charge in [0.25, 0.3) is 5.69 Å². The Morgan fingerprint density at radius 3 is 3.00 bits per heavy atom. The van der Waals surface area contributed by atoms with Crippen molar-refractivity contribution in [3.8, 4) is 5.75 Å². The number of benzene rings is 1. The van der Waals surface area contributed by atoms with Crippen LogP contribution < -0.4 is 10.1 Å². The number of ether oxygens (including phenoxy) is 1. The Labute approximate surface area is 99.9 Å². The number of nitrogens with one attached hydrogen (secondary N) is 1. The second-order valence-corrected chi connectivity index (χ2v) is 4.29. The third kappa shape index (κ3) is 2.94. The Kier molecular flexibility index (Phi) is 3.58.